The molecule has 0 N–H and O–H groups in total. The molecule has 1 aliphatic rings. The largest absolute Gasteiger partial charge is 0.489 e. The number of nitrogens with zero attached hydrogens (tertiary/aromatic N) is 2. The highest BCUT2D eigenvalue weighted by molar-refractivity contribution is 7.80. The number of thiol groups is 1. The van der Waals surface area contributed by atoms with Gasteiger partial charge in [-0.3, -0.25) is 4.90 Å². The van der Waals surface area contributed by atoms with Crippen LogP contribution >= 0.6 is 12.6 Å². The highest BCUT2D eigenvalue weighted by Crippen LogP contribution is 2.28. The molecule has 2 heterocycles. The number of aryl methyl sites for hydroxylation is 1. The third kappa shape index (κ3) is 6.23. The van der Waals surface area contributed by atoms with Crippen molar-refractivity contribution in [2.24, 2.45) is 0 Å². The zero-order valence-corrected chi connectivity index (χ0v) is 18.6. The van der Waals surface area contributed by atoms with Gasteiger partial charge in [-0.25, -0.2) is 4.98 Å². The standard InChI is InChI=1S/C25H28N2O3S/c1-19-15-22(29-18-20-5-3-2-4-6-20)8-9-23(19)30-24-10-7-21(17-26-24)16-25(31)27-11-13-28-14-12-27/h2-10,15,17,25,31H,11-14,16,18H2,1H3. The maximum Gasteiger partial charge on any atom is 0.219 e. The maximum atomic E-state index is 5.99. The van der Waals surface area contributed by atoms with E-state index in [-0.39, 0.29) is 5.37 Å². The molecule has 6 heteroatoms. The Balaban J connectivity index is 1.32. The van der Waals surface area contributed by atoms with E-state index in [1.165, 1.54) is 0 Å². The fraction of sp³-hybridized carbons (Fsp3) is 0.320. The minimum atomic E-state index is 0.170. The predicted molar refractivity (Wildman–Crippen MR) is 125 cm³/mol. The Morgan fingerprint density at radius 2 is 1.84 bits per heavy atom. The Kier molecular flexibility index (Phi) is 7.46. The summed E-state index contributed by atoms with van der Waals surface area (Å²) in [7, 11) is 0. The lowest BCUT2D eigenvalue weighted by Crippen LogP contribution is -2.41. The summed E-state index contributed by atoms with van der Waals surface area (Å²) in [5.74, 6) is 2.17. The summed E-state index contributed by atoms with van der Waals surface area (Å²) in [6.07, 6.45) is 2.70. The smallest absolute Gasteiger partial charge is 0.219 e. The normalized spacial score (nSPS) is 15.4. The molecule has 5 nitrogen and oxygen atoms in total. The summed E-state index contributed by atoms with van der Waals surface area (Å²) in [6, 6.07) is 19.9. The van der Waals surface area contributed by atoms with Crippen molar-refractivity contribution in [3.8, 4) is 17.4 Å². The van der Waals surface area contributed by atoms with Gasteiger partial charge in [-0.15, -0.1) is 0 Å². The average molecular weight is 437 g/mol. The fourth-order valence-corrected chi connectivity index (χ4v) is 3.93. The lowest BCUT2D eigenvalue weighted by Gasteiger charge is -2.31. The molecular weight excluding hydrogens is 408 g/mol. The van der Waals surface area contributed by atoms with Crippen LogP contribution in [0.3, 0.4) is 0 Å². The zero-order valence-electron chi connectivity index (χ0n) is 17.7. The van der Waals surface area contributed by atoms with Crippen LogP contribution in [0.25, 0.3) is 0 Å². The topological polar surface area (TPSA) is 43.8 Å². The average Bonchev–Trinajstić information content (AvgIpc) is 2.82. The van der Waals surface area contributed by atoms with Crippen LogP contribution in [0.5, 0.6) is 17.4 Å². The lowest BCUT2D eigenvalue weighted by atomic mass is 10.2. The quantitative estimate of drug-likeness (QED) is 0.509. The van der Waals surface area contributed by atoms with Crippen LogP contribution in [0, 0.1) is 6.92 Å². The first-order valence-corrected chi connectivity index (χ1v) is 11.1. The minimum Gasteiger partial charge on any atom is -0.489 e. The summed E-state index contributed by atoms with van der Waals surface area (Å²) >= 11 is 4.75. The molecule has 1 aliphatic heterocycles. The Morgan fingerprint density at radius 3 is 2.55 bits per heavy atom. The SMILES string of the molecule is Cc1cc(OCc2ccccc2)ccc1Oc1ccc(CC(S)N2CCOCC2)cn1. The molecule has 0 spiro atoms. The fourth-order valence-electron chi connectivity index (χ4n) is 3.49. The van der Waals surface area contributed by atoms with Crippen LogP contribution in [0.4, 0.5) is 0 Å². The van der Waals surface area contributed by atoms with Crippen molar-refractivity contribution in [1.82, 2.24) is 9.88 Å². The summed E-state index contributed by atoms with van der Waals surface area (Å²) in [6.45, 7) is 5.95. The minimum absolute atomic E-state index is 0.170. The van der Waals surface area contributed by atoms with Gasteiger partial charge in [0.1, 0.15) is 18.1 Å². The van der Waals surface area contributed by atoms with Gasteiger partial charge in [-0.2, -0.15) is 12.6 Å². The van der Waals surface area contributed by atoms with Crippen molar-refractivity contribution in [2.45, 2.75) is 25.3 Å². The highest BCUT2D eigenvalue weighted by Gasteiger charge is 2.18. The Morgan fingerprint density at radius 1 is 1.03 bits per heavy atom. The molecule has 3 aromatic rings. The van der Waals surface area contributed by atoms with E-state index in [1.54, 1.807) is 0 Å². The second-order valence-corrected chi connectivity index (χ2v) is 8.24. The van der Waals surface area contributed by atoms with Gasteiger partial charge in [0, 0.05) is 25.4 Å². The van der Waals surface area contributed by atoms with Gasteiger partial charge in [0.2, 0.25) is 5.88 Å². The molecule has 1 atom stereocenters. The number of aromatic nitrogens is 1. The number of pyridine rings is 1. The molecule has 31 heavy (non-hydrogen) atoms. The number of ether oxygens (including phenoxy) is 3. The van der Waals surface area contributed by atoms with E-state index in [0.717, 1.165) is 60.9 Å². The van der Waals surface area contributed by atoms with Crippen LogP contribution in [0.15, 0.2) is 66.9 Å². The highest BCUT2D eigenvalue weighted by atomic mass is 32.1. The number of morpholine rings is 1. The number of hydrogen-bond acceptors (Lipinski definition) is 6. The Hall–Kier alpha value is -2.54. The monoisotopic (exact) mass is 436 g/mol. The molecule has 0 saturated carbocycles. The van der Waals surface area contributed by atoms with Crippen molar-refractivity contribution in [1.29, 1.82) is 0 Å². The molecule has 1 saturated heterocycles. The molecule has 0 bridgehead atoms. The first-order chi connectivity index (χ1) is 15.2. The molecule has 0 radical (unpaired) electrons. The Labute approximate surface area is 189 Å². The van der Waals surface area contributed by atoms with E-state index < -0.39 is 0 Å². The van der Waals surface area contributed by atoms with Crippen LogP contribution in [0.1, 0.15) is 16.7 Å². The molecule has 162 valence electrons. The zero-order chi connectivity index (χ0) is 21.5. The van der Waals surface area contributed by atoms with Crippen molar-refractivity contribution in [2.75, 3.05) is 26.3 Å². The predicted octanol–water partition coefficient (Wildman–Crippen LogP) is 4.89. The van der Waals surface area contributed by atoms with Gasteiger partial charge in [-0.1, -0.05) is 36.4 Å². The van der Waals surface area contributed by atoms with Crippen molar-refractivity contribution in [3.63, 3.8) is 0 Å². The van der Waals surface area contributed by atoms with Gasteiger partial charge in [-0.05, 0) is 48.2 Å². The van der Waals surface area contributed by atoms with Crippen LogP contribution in [-0.2, 0) is 17.8 Å². The van der Waals surface area contributed by atoms with E-state index in [4.69, 9.17) is 26.8 Å². The van der Waals surface area contributed by atoms with Crippen LogP contribution in [0.2, 0.25) is 0 Å². The van der Waals surface area contributed by atoms with Crippen molar-refractivity contribution < 1.29 is 14.2 Å². The second-order valence-electron chi connectivity index (χ2n) is 7.64. The lowest BCUT2D eigenvalue weighted by molar-refractivity contribution is 0.0330. The molecule has 4 rings (SSSR count). The van der Waals surface area contributed by atoms with E-state index in [0.29, 0.717) is 12.5 Å². The van der Waals surface area contributed by atoms with E-state index in [2.05, 4.69) is 28.1 Å². The van der Waals surface area contributed by atoms with E-state index in [1.807, 2.05) is 55.6 Å². The van der Waals surface area contributed by atoms with Crippen molar-refractivity contribution in [3.05, 3.63) is 83.6 Å². The second kappa shape index (κ2) is 10.7. The first-order valence-electron chi connectivity index (χ1n) is 10.6. The number of hydrogen-bond donors (Lipinski definition) is 1. The third-order valence-electron chi connectivity index (χ3n) is 5.29. The summed E-state index contributed by atoms with van der Waals surface area (Å²) in [5, 5.41) is 0.170. The van der Waals surface area contributed by atoms with Gasteiger partial charge in [0.25, 0.3) is 0 Å². The van der Waals surface area contributed by atoms with Crippen molar-refractivity contribution >= 4 is 12.6 Å². The van der Waals surface area contributed by atoms with Gasteiger partial charge < -0.3 is 14.2 Å². The molecule has 1 fully saturated rings. The van der Waals surface area contributed by atoms with Crippen LogP contribution in [-0.4, -0.2) is 41.6 Å². The molecular formula is C25H28N2O3S. The molecule has 1 aromatic heterocycles. The van der Waals surface area contributed by atoms with Gasteiger partial charge in [0.15, 0.2) is 0 Å². The molecule has 0 amide bonds. The number of rotatable bonds is 8. The molecule has 1 unspecified atom stereocenters. The molecule has 2 aromatic carbocycles. The van der Waals surface area contributed by atoms with Gasteiger partial charge >= 0.3 is 0 Å². The van der Waals surface area contributed by atoms with E-state index in [9.17, 15) is 0 Å². The van der Waals surface area contributed by atoms with E-state index >= 15 is 0 Å². The Bertz CT molecular complexity index is 960. The maximum absolute atomic E-state index is 5.99. The van der Waals surface area contributed by atoms with Crippen LogP contribution < -0.4 is 9.47 Å². The summed E-state index contributed by atoms with van der Waals surface area (Å²) in [5.41, 5.74) is 3.28. The molecule has 0 aliphatic carbocycles. The van der Waals surface area contributed by atoms with Gasteiger partial charge in [0.05, 0.1) is 18.6 Å². The number of benzene rings is 2. The third-order valence-corrected chi connectivity index (χ3v) is 5.80. The summed E-state index contributed by atoms with van der Waals surface area (Å²) in [4.78, 5) is 6.82. The summed E-state index contributed by atoms with van der Waals surface area (Å²) < 4.78 is 17.3. The first kappa shape index (κ1) is 21.7.